The van der Waals surface area contributed by atoms with Crippen molar-refractivity contribution >= 4 is 0 Å². The van der Waals surface area contributed by atoms with Gasteiger partial charge in [0, 0.05) is 0 Å². The molecule has 0 spiro atoms. The molecule has 0 saturated heterocycles. The lowest BCUT2D eigenvalue weighted by Gasteiger charge is -1.99. The molecule has 0 heterocycles. The summed E-state index contributed by atoms with van der Waals surface area (Å²) in [7, 11) is 0. The van der Waals surface area contributed by atoms with Crippen LogP contribution < -0.4 is 0 Å². The molecule has 0 aliphatic carbocycles. The topological polar surface area (TPSA) is 0 Å². The molecule has 0 rings (SSSR count). The first kappa shape index (κ1) is 16.5. The summed E-state index contributed by atoms with van der Waals surface area (Å²) >= 11 is 0. The fourth-order valence-corrected chi connectivity index (χ4v) is 1.88. The van der Waals surface area contributed by atoms with Gasteiger partial charge in [0.25, 0.3) is 0 Å². The molecule has 0 nitrogen and oxygen atoms in total. The van der Waals surface area contributed by atoms with Crippen LogP contribution in [0.4, 0.5) is 0 Å². The van der Waals surface area contributed by atoms with E-state index >= 15 is 0 Å². The van der Waals surface area contributed by atoms with Gasteiger partial charge in [-0.25, -0.2) is 0 Å². The van der Waals surface area contributed by atoms with E-state index < -0.39 is 0 Å². The van der Waals surface area contributed by atoms with Crippen LogP contribution in [0.5, 0.6) is 0 Å². The van der Waals surface area contributed by atoms with Crippen LogP contribution in [-0.2, 0) is 0 Å². The third-order valence-electron chi connectivity index (χ3n) is 2.96. The monoisotopic (exact) mass is 235 g/mol. The van der Waals surface area contributed by atoms with Crippen LogP contribution >= 0.6 is 0 Å². The fraction of sp³-hybridized carbons (Fsp3) is 0.706. The van der Waals surface area contributed by atoms with E-state index in [1.165, 1.54) is 51.4 Å². The predicted molar refractivity (Wildman–Crippen MR) is 80.1 cm³/mol. The molecule has 0 unspecified atom stereocenters. The number of unbranched alkanes of at least 4 members (excludes halogenated alkanes) is 8. The maximum Gasteiger partial charge on any atom is -0.0169 e. The van der Waals surface area contributed by atoms with Crippen LogP contribution in [0.1, 0.15) is 77.6 Å². The normalized spacial score (nSPS) is 11.9. The van der Waals surface area contributed by atoms with Crippen molar-refractivity contribution in [2.75, 3.05) is 0 Å². The summed E-state index contributed by atoms with van der Waals surface area (Å²) in [6.07, 6.45) is 23.5. The number of rotatable bonds is 12. The van der Waals surface area contributed by atoms with E-state index in [1.54, 1.807) is 0 Å². The van der Waals surface area contributed by atoms with Crippen LogP contribution in [0, 0.1) is 6.92 Å². The van der Waals surface area contributed by atoms with Crippen molar-refractivity contribution in [3.63, 3.8) is 0 Å². The van der Waals surface area contributed by atoms with Gasteiger partial charge in [-0.3, -0.25) is 0 Å². The zero-order valence-corrected chi connectivity index (χ0v) is 11.8. The van der Waals surface area contributed by atoms with Gasteiger partial charge in [0.2, 0.25) is 0 Å². The summed E-state index contributed by atoms with van der Waals surface area (Å²) in [6.45, 7) is 6.05. The molecule has 0 aliphatic rings. The zero-order valence-electron chi connectivity index (χ0n) is 11.8. The maximum absolute atomic E-state index is 3.87. The largest absolute Gasteiger partial charge is 0.0885 e. The quantitative estimate of drug-likeness (QED) is 0.277. The highest BCUT2D eigenvalue weighted by Gasteiger charge is 1.90. The van der Waals surface area contributed by atoms with Crippen LogP contribution in [0.3, 0.4) is 0 Å². The third-order valence-corrected chi connectivity index (χ3v) is 2.96. The smallest absolute Gasteiger partial charge is 0.0169 e. The SMILES string of the molecule is [CH2]CCCCCCCCC/C=C/C/C=C/CC. The van der Waals surface area contributed by atoms with Crippen molar-refractivity contribution in [2.24, 2.45) is 0 Å². The Balaban J connectivity index is 3.05. The van der Waals surface area contributed by atoms with E-state index in [1.807, 2.05) is 0 Å². The van der Waals surface area contributed by atoms with Gasteiger partial charge >= 0.3 is 0 Å². The van der Waals surface area contributed by atoms with Crippen molar-refractivity contribution in [1.29, 1.82) is 0 Å². The molecule has 0 bridgehead atoms. The molecule has 0 saturated carbocycles. The molecule has 0 N–H and O–H groups in total. The Morgan fingerprint density at radius 1 is 0.706 bits per heavy atom. The van der Waals surface area contributed by atoms with Crippen molar-refractivity contribution in [1.82, 2.24) is 0 Å². The molecule has 1 radical (unpaired) electrons. The lowest BCUT2D eigenvalue weighted by molar-refractivity contribution is 0.583. The van der Waals surface area contributed by atoms with Gasteiger partial charge < -0.3 is 0 Å². The summed E-state index contributed by atoms with van der Waals surface area (Å²) < 4.78 is 0. The average Bonchev–Trinajstić information content (AvgIpc) is 2.35. The Hall–Kier alpha value is -0.520. The summed E-state index contributed by atoms with van der Waals surface area (Å²) in [5.74, 6) is 0. The molecule has 0 amide bonds. The highest BCUT2D eigenvalue weighted by atomic mass is 14.0. The van der Waals surface area contributed by atoms with Gasteiger partial charge in [0.1, 0.15) is 0 Å². The van der Waals surface area contributed by atoms with E-state index in [0.717, 1.165) is 19.3 Å². The summed E-state index contributed by atoms with van der Waals surface area (Å²) in [4.78, 5) is 0. The molecular weight excluding hydrogens is 204 g/mol. The highest BCUT2D eigenvalue weighted by molar-refractivity contribution is 4.92. The Morgan fingerprint density at radius 3 is 1.94 bits per heavy atom. The minimum absolute atomic E-state index is 1.11. The molecule has 99 valence electrons. The van der Waals surface area contributed by atoms with Gasteiger partial charge in [-0.05, 0) is 25.7 Å². The maximum atomic E-state index is 3.87. The minimum atomic E-state index is 1.11. The Kier molecular flexibility index (Phi) is 15.0. The molecular formula is C17H31. The van der Waals surface area contributed by atoms with E-state index in [4.69, 9.17) is 0 Å². The Morgan fingerprint density at radius 2 is 1.29 bits per heavy atom. The second kappa shape index (κ2) is 15.5. The zero-order chi connectivity index (χ0) is 12.6. The first-order valence-corrected chi connectivity index (χ1v) is 7.51. The van der Waals surface area contributed by atoms with Gasteiger partial charge in [-0.15, -0.1) is 0 Å². The lowest BCUT2D eigenvalue weighted by atomic mass is 10.1. The van der Waals surface area contributed by atoms with Crippen molar-refractivity contribution < 1.29 is 0 Å². The summed E-state index contributed by atoms with van der Waals surface area (Å²) in [5, 5.41) is 0. The van der Waals surface area contributed by atoms with E-state index in [-0.39, 0.29) is 0 Å². The molecule has 0 aromatic carbocycles. The summed E-state index contributed by atoms with van der Waals surface area (Å²) in [6, 6.07) is 0. The van der Waals surface area contributed by atoms with Gasteiger partial charge in [0.15, 0.2) is 0 Å². The number of hydrogen-bond acceptors (Lipinski definition) is 0. The van der Waals surface area contributed by atoms with Crippen molar-refractivity contribution in [3.05, 3.63) is 31.2 Å². The first-order chi connectivity index (χ1) is 8.41. The third kappa shape index (κ3) is 15.5. The summed E-state index contributed by atoms with van der Waals surface area (Å²) in [5.41, 5.74) is 0. The lowest BCUT2D eigenvalue weighted by Crippen LogP contribution is -1.79. The molecule has 0 aromatic heterocycles. The first-order valence-electron chi connectivity index (χ1n) is 7.51. The standard InChI is InChI=1S/C17H31/c1-3-5-7-9-11-13-15-17-16-14-12-10-8-6-4-2/h6,8,12,14H,1,3-5,7,9-11,13,15-17H2,2H3/b8-6+,14-12+. The molecule has 0 aliphatic heterocycles. The van der Waals surface area contributed by atoms with E-state index in [9.17, 15) is 0 Å². The van der Waals surface area contributed by atoms with Crippen molar-refractivity contribution in [3.8, 4) is 0 Å². The van der Waals surface area contributed by atoms with Gasteiger partial charge in [-0.1, -0.05) is 83.1 Å². The molecule has 0 fully saturated rings. The van der Waals surface area contributed by atoms with Crippen LogP contribution in [0.25, 0.3) is 0 Å². The fourth-order valence-electron chi connectivity index (χ4n) is 1.88. The van der Waals surface area contributed by atoms with Gasteiger partial charge in [-0.2, -0.15) is 0 Å². The Bertz CT molecular complexity index is 176. The Labute approximate surface area is 109 Å². The number of hydrogen-bond donors (Lipinski definition) is 0. The van der Waals surface area contributed by atoms with Gasteiger partial charge in [0.05, 0.1) is 0 Å². The van der Waals surface area contributed by atoms with E-state index in [2.05, 4.69) is 38.2 Å². The average molecular weight is 235 g/mol. The molecule has 17 heavy (non-hydrogen) atoms. The second-order valence-electron chi connectivity index (χ2n) is 4.70. The van der Waals surface area contributed by atoms with E-state index in [0.29, 0.717) is 0 Å². The predicted octanol–water partition coefficient (Wildman–Crippen LogP) is 6.24. The minimum Gasteiger partial charge on any atom is -0.0885 e. The molecule has 0 atom stereocenters. The van der Waals surface area contributed by atoms with Crippen LogP contribution in [0.2, 0.25) is 0 Å². The van der Waals surface area contributed by atoms with Crippen LogP contribution in [0.15, 0.2) is 24.3 Å². The highest BCUT2D eigenvalue weighted by Crippen LogP contribution is 2.09. The number of allylic oxidation sites excluding steroid dienone is 4. The van der Waals surface area contributed by atoms with Crippen LogP contribution in [-0.4, -0.2) is 0 Å². The molecule has 0 heteroatoms. The molecule has 0 aromatic rings. The van der Waals surface area contributed by atoms with Crippen molar-refractivity contribution in [2.45, 2.75) is 77.6 Å². The second-order valence-corrected chi connectivity index (χ2v) is 4.70.